The number of aldehydes is 1. The average molecular weight is 415 g/mol. The Labute approximate surface area is 176 Å². The van der Waals surface area contributed by atoms with Crippen molar-refractivity contribution >= 4 is 42.2 Å². The summed E-state index contributed by atoms with van der Waals surface area (Å²) in [5.41, 5.74) is 1.69. The summed E-state index contributed by atoms with van der Waals surface area (Å²) in [4.78, 5) is 25.1. The van der Waals surface area contributed by atoms with Crippen molar-refractivity contribution in [3.63, 3.8) is 0 Å². The summed E-state index contributed by atoms with van der Waals surface area (Å²) in [5, 5.41) is 3.18. The number of hydrogen-bond donors (Lipinski definition) is 1. The lowest BCUT2D eigenvalue weighted by molar-refractivity contribution is -0.104. The molecule has 152 valence electrons. The van der Waals surface area contributed by atoms with Gasteiger partial charge in [-0.15, -0.1) is 0 Å². The van der Waals surface area contributed by atoms with Gasteiger partial charge >= 0.3 is 13.1 Å². The molecule has 1 N–H and O–H groups in total. The van der Waals surface area contributed by atoms with Crippen LogP contribution in [0.1, 0.15) is 33.3 Å². The molecule has 1 aromatic rings. The number of amides is 2. The van der Waals surface area contributed by atoms with E-state index in [9.17, 15) is 9.59 Å². The van der Waals surface area contributed by atoms with E-state index in [1.807, 2.05) is 46.8 Å². The van der Waals surface area contributed by atoms with E-state index in [-0.39, 0.29) is 0 Å². The molecular formula is C21H24BClN2O4. The van der Waals surface area contributed by atoms with E-state index in [2.05, 4.69) is 5.32 Å². The van der Waals surface area contributed by atoms with E-state index in [1.165, 1.54) is 11.0 Å². The summed E-state index contributed by atoms with van der Waals surface area (Å²) >= 11 is 6.13. The normalized spacial score (nSPS) is 21.3. The highest BCUT2D eigenvalue weighted by molar-refractivity contribution is 6.62. The van der Waals surface area contributed by atoms with Gasteiger partial charge in [-0.2, -0.15) is 0 Å². The van der Waals surface area contributed by atoms with E-state index in [1.54, 1.807) is 24.4 Å². The molecule has 3 rings (SSSR count). The van der Waals surface area contributed by atoms with Gasteiger partial charge in [-0.3, -0.25) is 9.69 Å². The average Bonchev–Trinajstić information content (AvgIpc) is 2.86. The van der Waals surface area contributed by atoms with Crippen LogP contribution in [0, 0.1) is 6.92 Å². The molecule has 0 aliphatic carbocycles. The van der Waals surface area contributed by atoms with E-state index >= 15 is 0 Å². The fraction of sp³-hybridized carbons (Fsp3) is 0.333. The van der Waals surface area contributed by atoms with E-state index in [4.69, 9.17) is 20.9 Å². The van der Waals surface area contributed by atoms with Crippen LogP contribution in [-0.2, 0) is 14.1 Å². The molecule has 29 heavy (non-hydrogen) atoms. The second-order valence-electron chi connectivity index (χ2n) is 7.95. The van der Waals surface area contributed by atoms with Crippen molar-refractivity contribution in [2.45, 2.75) is 45.8 Å². The standard InChI is InChI=1S/C21H24BClN2O4/c1-14-15(22-28-20(2,3)21(4,5)29-22)8-6-10-17(14)24-19(27)25-12-7-9-16(23)18(25)11-13-26/h6-13H,1-5H3,(H,24,27)/b18-11-. The molecule has 0 bridgehead atoms. The number of nitrogens with zero attached hydrogens (tertiary/aromatic N) is 1. The molecule has 0 unspecified atom stereocenters. The molecule has 2 aliphatic heterocycles. The van der Waals surface area contributed by atoms with Gasteiger partial charge in [0, 0.05) is 18.0 Å². The van der Waals surface area contributed by atoms with Gasteiger partial charge in [0.1, 0.15) is 6.29 Å². The van der Waals surface area contributed by atoms with Gasteiger partial charge in [-0.05, 0) is 63.9 Å². The van der Waals surface area contributed by atoms with Crippen LogP contribution >= 0.6 is 11.6 Å². The number of nitrogens with one attached hydrogen (secondary N) is 1. The second-order valence-corrected chi connectivity index (χ2v) is 8.36. The molecule has 1 aromatic carbocycles. The van der Waals surface area contributed by atoms with Crippen LogP contribution in [-0.4, -0.2) is 35.5 Å². The van der Waals surface area contributed by atoms with Gasteiger partial charge in [-0.1, -0.05) is 23.7 Å². The number of hydrogen-bond acceptors (Lipinski definition) is 4. The molecule has 2 amide bonds. The van der Waals surface area contributed by atoms with Crippen LogP contribution < -0.4 is 10.8 Å². The maximum atomic E-state index is 12.8. The van der Waals surface area contributed by atoms with Crippen LogP contribution in [0.5, 0.6) is 0 Å². The highest BCUT2D eigenvalue weighted by Crippen LogP contribution is 2.37. The van der Waals surface area contributed by atoms with Crippen molar-refractivity contribution < 1.29 is 18.9 Å². The number of urea groups is 1. The number of carbonyl (C=O) groups excluding carboxylic acids is 2. The van der Waals surface area contributed by atoms with Crippen LogP contribution in [0.2, 0.25) is 0 Å². The number of benzene rings is 1. The van der Waals surface area contributed by atoms with Gasteiger partial charge < -0.3 is 14.6 Å². The van der Waals surface area contributed by atoms with Crippen LogP contribution in [0.3, 0.4) is 0 Å². The van der Waals surface area contributed by atoms with Crippen molar-refractivity contribution in [3.8, 4) is 0 Å². The number of carbonyl (C=O) groups is 2. The quantitative estimate of drug-likeness (QED) is 0.463. The summed E-state index contributed by atoms with van der Waals surface area (Å²) < 4.78 is 12.3. The molecule has 0 radical (unpaired) electrons. The number of halogens is 1. The van der Waals surface area contributed by atoms with Crippen molar-refractivity contribution in [3.05, 3.63) is 58.9 Å². The maximum absolute atomic E-state index is 12.8. The largest absolute Gasteiger partial charge is 0.495 e. The minimum Gasteiger partial charge on any atom is -0.399 e. The zero-order valence-corrected chi connectivity index (χ0v) is 17.9. The lowest BCUT2D eigenvalue weighted by Gasteiger charge is -2.32. The molecule has 2 heterocycles. The highest BCUT2D eigenvalue weighted by Gasteiger charge is 2.52. The SMILES string of the molecule is Cc1c(NC(=O)N2C=CC=C(Cl)/C2=C/C=O)cccc1B1OC(C)(C)C(C)(C)O1. The topological polar surface area (TPSA) is 67.9 Å². The molecule has 0 saturated carbocycles. The molecule has 0 spiro atoms. The summed E-state index contributed by atoms with van der Waals surface area (Å²) in [6.07, 6.45) is 6.64. The Bertz CT molecular complexity index is 921. The fourth-order valence-corrected chi connectivity index (χ4v) is 3.31. The Kier molecular flexibility index (Phi) is 5.76. The first-order valence-corrected chi connectivity index (χ1v) is 9.70. The van der Waals surface area contributed by atoms with Gasteiger partial charge in [0.25, 0.3) is 0 Å². The summed E-state index contributed by atoms with van der Waals surface area (Å²) in [5.74, 6) is 0. The summed E-state index contributed by atoms with van der Waals surface area (Å²) in [6.45, 7) is 9.88. The Morgan fingerprint density at radius 2 is 1.86 bits per heavy atom. The van der Waals surface area contributed by atoms with Crippen LogP contribution in [0.25, 0.3) is 0 Å². The number of allylic oxidation sites excluding steroid dienone is 4. The molecule has 0 atom stereocenters. The van der Waals surface area contributed by atoms with Crippen molar-refractivity contribution in [2.75, 3.05) is 5.32 Å². The Morgan fingerprint density at radius 3 is 2.48 bits per heavy atom. The zero-order chi connectivity index (χ0) is 21.4. The molecule has 2 aliphatic rings. The minimum atomic E-state index is -0.533. The van der Waals surface area contributed by atoms with Gasteiger partial charge in [0.15, 0.2) is 0 Å². The first-order chi connectivity index (χ1) is 13.6. The van der Waals surface area contributed by atoms with Crippen LogP contribution in [0.15, 0.2) is 53.4 Å². The Hall–Kier alpha value is -2.35. The first kappa shape index (κ1) is 21.4. The van der Waals surface area contributed by atoms with E-state index in [0.717, 1.165) is 11.0 Å². The highest BCUT2D eigenvalue weighted by atomic mass is 35.5. The van der Waals surface area contributed by atoms with E-state index < -0.39 is 24.4 Å². The Morgan fingerprint density at radius 1 is 1.21 bits per heavy atom. The monoisotopic (exact) mass is 414 g/mol. The summed E-state index contributed by atoms with van der Waals surface area (Å²) in [7, 11) is -0.533. The predicted molar refractivity (Wildman–Crippen MR) is 115 cm³/mol. The number of rotatable bonds is 3. The van der Waals surface area contributed by atoms with Gasteiger partial charge in [-0.25, -0.2) is 4.79 Å². The predicted octanol–water partition coefficient (Wildman–Crippen LogP) is 3.86. The maximum Gasteiger partial charge on any atom is 0.495 e. The fourth-order valence-electron chi connectivity index (χ4n) is 3.09. The molecule has 1 saturated heterocycles. The van der Waals surface area contributed by atoms with Crippen molar-refractivity contribution in [2.24, 2.45) is 0 Å². The van der Waals surface area contributed by atoms with Crippen molar-refractivity contribution in [1.82, 2.24) is 4.90 Å². The van der Waals surface area contributed by atoms with E-state index in [0.29, 0.717) is 22.7 Å². The third kappa shape index (κ3) is 4.03. The first-order valence-electron chi connectivity index (χ1n) is 9.32. The Balaban J connectivity index is 1.85. The summed E-state index contributed by atoms with van der Waals surface area (Å²) in [6, 6.07) is 5.13. The van der Waals surface area contributed by atoms with Crippen molar-refractivity contribution in [1.29, 1.82) is 0 Å². The smallest absolute Gasteiger partial charge is 0.399 e. The second kappa shape index (κ2) is 7.82. The van der Waals surface area contributed by atoms with Gasteiger partial charge in [0.05, 0.1) is 21.9 Å². The number of anilines is 1. The van der Waals surface area contributed by atoms with Crippen LogP contribution in [0.4, 0.5) is 10.5 Å². The molecule has 0 aromatic heterocycles. The lowest BCUT2D eigenvalue weighted by atomic mass is 9.76. The minimum absolute atomic E-state index is 0.303. The third-order valence-electron chi connectivity index (χ3n) is 5.55. The molecule has 1 fully saturated rings. The lowest BCUT2D eigenvalue weighted by Crippen LogP contribution is -2.41. The van der Waals surface area contributed by atoms with Gasteiger partial charge in [0.2, 0.25) is 0 Å². The third-order valence-corrected chi connectivity index (χ3v) is 5.87. The zero-order valence-electron chi connectivity index (χ0n) is 17.2. The molecule has 8 heteroatoms. The molecular weight excluding hydrogens is 391 g/mol. The molecule has 6 nitrogen and oxygen atoms in total.